The predicted octanol–water partition coefficient (Wildman–Crippen LogP) is 5.01. The Kier molecular flexibility index (Phi) is 6.00. The van der Waals surface area contributed by atoms with Crippen LogP contribution in [0.15, 0.2) is 72.6 Å². The first kappa shape index (κ1) is 20.0. The summed E-state index contributed by atoms with van der Waals surface area (Å²) in [5.41, 5.74) is 3.21. The third kappa shape index (κ3) is 4.47. The minimum absolute atomic E-state index is 0.281. The van der Waals surface area contributed by atoms with Gasteiger partial charge in [-0.1, -0.05) is 41.9 Å². The minimum Gasteiger partial charge on any atom is -0.488 e. The molecule has 0 saturated carbocycles. The largest absolute Gasteiger partial charge is 0.488 e. The first-order chi connectivity index (χ1) is 14.6. The molecule has 2 heterocycles. The molecule has 0 spiro atoms. The highest BCUT2D eigenvalue weighted by molar-refractivity contribution is 6.30. The van der Waals surface area contributed by atoms with E-state index in [2.05, 4.69) is 4.98 Å². The minimum atomic E-state index is -0.421. The van der Waals surface area contributed by atoms with Crippen molar-refractivity contribution in [3.8, 4) is 5.75 Å². The first-order valence-electron chi connectivity index (χ1n) is 9.71. The van der Waals surface area contributed by atoms with E-state index in [1.165, 1.54) is 0 Å². The van der Waals surface area contributed by atoms with Crippen LogP contribution < -0.4 is 4.74 Å². The maximum absolute atomic E-state index is 12.8. The maximum atomic E-state index is 12.8. The number of carbonyl (C=O) groups is 1. The highest BCUT2D eigenvalue weighted by atomic mass is 35.5. The van der Waals surface area contributed by atoms with Crippen LogP contribution in [0, 0.1) is 0 Å². The Hall–Kier alpha value is -3.31. The van der Waals surface area contributed by atoms with Gasteiger partial charge in [0, 0.05) is 29.5 Å². The smallest absolute Gasteiger partial charge is 0.341 e. The average molecular weight is 421 g/mol. The number of ether oxygens (including phenoxy) is 2. The van der Waals surface area contributed by atoms with Crippen molar-refractivity contribution in [2.45, 2.75) is 13.5 Å². The van der Waals surface area contributed by atoms with Crippen LogP contribution in [0.25, 0.3) is 11.6 Å². The lowest BCUT2D eigenvalue weighted by atomic mass is 10.0. The topological polar surface area (TPSA) is 53.4 Å². The van der Waals surface area contributed by atoms with E-state index in [1.54, 1.807) is 25.3 Å². The number of benzene rings is 2. The first-order valence-corrected chi connectivity index (χ1v) is 10.1. The van der Waals surface area contributed by atoms with E-state index in [0.717, 1.165) is 22.4 Å². The third-order valence-corrected chi connectivity index (χ3v) is 4.92. The van der Waals surface area contributed by atoms with Crippen LogP contribution >= 0.6 is 11.6 Å². The summed E-state index contributed by atoms with van der Waals surface area (Å²) in [5.74, 6) is 0.894. The SMILES string of the molecule is CCOC(=O)C(=CC1=Cc2cc(Cl)ccc2OC1)c1nccn1Cc1ccccc1. The van der Waals surface area contributed by atoms with Crippen LogP contribution in [-0.2, 0) is 16.1 Å². The van der Waals surface area contributed by atoms with Crippen molar-refractivity contribution < 1.29 is 14.3 Å². The van der Waals surface area contributed by atoms with Crippen molar-refractivity contribution in [2.75, 3.05) is 13.2 Å². The van der Waals surface area contributed by atoms with Crippen molar-refractivity contribution >= 4 is 29.2 Å². The normalized spacial score (nSPS) is 13.3. The number of rotatable bonds is 6. The number of nitrogens with zero attached hydrogens (tertiary/aromatic N) is 2. The van der Waals surface area contributed by atoms with Crippen LogP contribution in [0.1, 0.15) is 23.9 Å². The highest BCUT2D eigenvalue weighted by Gasteiger charge is 2.21. The number of imidazole rings is 1. The van der Waals surface area contributed by atoms with Crippen LogP contribution in [0.5, 0.6) is 5.75 Å². The summed E-state index contributed by atoms with van der Waals surface area (Å²) < 4.78 is 13.1. The summed E-state index contributed by atoms with van der Waals surface area (Å²) in [6.45, 7) is 3.01. The third-order valence-electron chi connectivity index (χ3n) is 4.68. The van der Waals surface area contributed by atoms with E-state index >= 15 is 0 Å². The molecule has 0 N–H and O–H groups in total. The van der Waals surface area contributed by atoms with Gasteiger partial charge in [0.25, 0.3) is 0 Å². The Bertz CT molecular complexity index is 1120. The predicted molar refractivity (Wildman–Crippen MR) is 117 cm³/mol. The van der Waals surface area contributed by atoms with Gasteiger partial charge >= 0.3 is 5.97 Å². The lowest BCUT2D eigenvalue weighted by Crippen LogP contribution is -2.14. The number of esters is 1. The van der Waals surface area contributed by atoms with Crippen LogP contribution in [-0.4, -0.2) is 28.7 Å². The fourth-order valence-corrected chi connectivity index (χ4v) is 3.50. The van der Waals surface area contributed by atoms with Crippen LogP contribution in [0.2, 0.25) is 5.02 Å². The molecule has 6 heteroatoms. The molecule has 0 aliphatic carbocycles. The summed E-state index contributed by atoms with van der Waals surface area (Å²) >= 11 is 6.11. The van der Waals surface area contributed by atoms with E-state index in [9.17, 15) is 4.79 Å². The molecule has 0 saturated heterocycles. The summed E-state index contributed by atoms with van der Waals surface area (Å²) in [6, 6.07) is 15.5. The van der Waals surface area contributed by atoms with Gasteiger partial charge in [0.1, 0.15) is 23.8 Å². The molecule has 0 unspecified atom stereocenters. The molecule has 30 heavy (non-hydrogen) atoms. The fraction of sp³-hybridized carbons (Fsp3) is 0.167. The van der Waals surface area contributed by atoms with E-state index < -0.39 is 5.97 Å². The van der Waals surface area contributed by atoms with Crippen LogP contribution in [0.4, 0.5) is 0 Å². The van der Waals surface area contributed by atoms with E-state index in [-0.39, 0.29) is 6.61 Å². The monoisotopic (exact) mass is 420 g/mol. The van der Waals surface area contributed by atoms with Crippen molar-refractivity contribution in [2.24, 2.45) is 0 Å². The molecule has 4 rings (SSSR count). The van der Waals surface area contributed by atoms with Gasteiger partial charge in [-0.2, -0.15) is 0 Å². The quantitative estimate of drug-likeness (QED) is 0.415. The zero-order valence-electron chi connectivity index (χ0n) is 16.5. The molecular weight excluding hydrogens is 400 g/mol. The summed E-state index contributed by atoms with van der Waals surface area (Å²) in [4.78, 5) is 17.2. The van der Waals surface area contributed by atoms with Crippen LogP contribution in [0.3, 0.4) is 0 Å². The number of aromatic nitrogens is 2. The van der Waals surface area contributed by atoms with Gasteiger partial charge in [0.15, 0.2) is 0 Å². The standard InChI is InChI=1S/C24H21ClN2O3/c1-2-29-24(28)21(13-18-12-19-14-20(25)8-9-22(19)30-16-18)23-26-10-11-27(23)15-17-6-4-3-5-7-17/h3-14H,2,15-16H2,1H3. The average Bonchev–Trinajstić information content (AvgIpc) is 3.20. The van der Waals surface area contributed by atoms with Gasteiger partial charge in [0.05, 0.1) is 6.61 Å². The van der Waals surface area contributed by atoms with E-state index in [4.69, 9.17) is 21.1 Å². The molecule has 0 radical (unpaired) electrons. The molecule has 2 aromatic carbocycles. The Labute approximate surface area is 180 Å². The second kappa shape index (κ2) is 9.01. The summed E-state index contributed by atoms with van der Waals surface area (Å²) in [6.07, 6.45) is 7.29. The highest BCUT2D eigenvalue weighted by Crippen LogP contribution is 2.30. The van der Waals surface area contributed by atoms with E-state index in [0.29, 0.717) is 29.6 Å². The second-order valence-corrected chi connectivity index (χ2v) is 7.27. The number of hydrogen-bond donors (Lipinski definition) is 0. The molecule has 152 valence electrons. The lowest BCUT2D eigenvalue weighted by molar-refractivity contribution is -0.136. The van der Waals surface area contributed by atoms with Crippen molar-refractivity contribution in [1.82, 2.24) is 9.55 Å². The van der Waals surface area contributed by atoms with Gasteiger partial charge < -0.3 is 14.0 Å². The van der Waals surface area contributed by atoms with Crippen molar-refractivity contribution in [1.29, 1.82) is 0 Å². The Morgan fingerprint density at radius 3 is 2.90 bits per heavy atom. The fourth-order valence-electron chi connectivity index (χ4n) is 3.32. The number of fused-ring (bicyclic) bond motifs is 1. The van der Waals surface area contributed by atoms with Crippen molar-refractivity contribution in [3.05, 3.63) is 94.5 Å². The van der Waals surface area contributed by atoms with Gasteiger partial charge in [-0.3, -0.25) is 0 Å². The molecule has 5 nitrogen and oxygen atoms in total. The zero-order chi connectivity index (χ0) is 20.9. The van der Waals surface area contributed by atoms with Crippen molar-refractivity contribution in [3.63, 3.8) is 0 Å². The molecule has 1 aromatic heterocycles. The molecule has 1 aliphatic heterocycles. The van der Waals surface area contributed by atoms with E-state index in [1.807, 2.05) is 59.3 Å². The lowest BCUT2D eigenvalue weighted by Gasteiger charge is -2.17. The Morgan fingerprint density at radius 1 is 1.27 bits per heavy atom. The van der Waals surface area contributed by atoms with Gasteiger partial charge in [-0.25, -0.2) is 9.78 Å². The van der Waals surface area contributed by atoms with Gasteiger partial charge in [-0.05, 0) is 48.4 Å². The van der Waals surface area contributed by atoms with Gasteiger partial charge in [-0.15, -0.1) is 0 Å². The molecule has 0 amide bonds. The number of hydrogen-bond acceptors (Lipinski definition) is 4. The molecule has 1 aliphatic rings. The number of carbonyl (C=O) groups excluding carboxylic acids is 1. The Morgan fingerprint density at radius 2 is 2.10 bits per heavy atom. The summed E-state index contributed by atoms with van der Waals surface area (Å²) in [7, 11) is 0. The molecule has 0 fully saturated rings. The summed E-state index contributed by atoms with van der Waals surface area (Å²) in [5, 5.41) is 0.628. The molecule has 3 aromatic rings. The molecule has 0 bridgehead atoms. The Balaban J connectivity index is 1.72. The van der Waals surface area contributed by atoms with Gasteiger partial charge in [0.2, 0.25) is 0 Å². The molecular formula is C24H21ClN2O3. The number of halogens is 1. The molecule has 0 atom stereocenters. The zero-order valence-corrected chi connectivity index (χ0v) is 17.3. The second-order valence-electron chi connectivity index (χ2n) is 6.83. The maximum Gasteiger partial charge on any atom is 0.341 e.